The van der Waals surface area contributed by atoms with Gasteiger partial charge in [0, 0.05) is 25.7 Å². The van der Waals surface area contributed by atoms with Crippen LogP contribution in [0.1, 0.15) is 38.8 Å². The molecule has 126 valence electrons. The molecule has 0 fully saturated rings. The average molecular weight is 313 g/mol. The van der Waals surface area contributed by atoms with Crippen LogP contribution in [0, 0.1) is 0 Å². The molecule has 23 heavy (non-hydrogen) atoms. The maximum atomic E-state index is 5.30. The van der Waals surface area contributed by atoms with Gasteiger partial charge >= 0.3 is 0 Å². The number of hydrogen-bond acceptors (Lipinski definition) is 2. The Labute approximate surface area is 142 Å². The molecule has 2 nitrogen and oxygen atoms in total. The first-order chi connectivity index (χ1) is 11.3. The predicted molar refractivity (Wildman–Crippen MR) is 102 cm³/mol. The molecule has 2 aromatic carbocycles. The lowest BCUT2D eigenvalue weighted by molar-refractivity contribution is 0.357. The summed E-state index contributed by atoms with van der Waals surface area (Å²) in [6, 6.07) is 16.8. The highest BCUT2D eigenvalue weighted by atomic mass is 16.5. The number of benzene rings is 2. The summed E-state index contributed by atoms with van der Waals surface area (Å²) in [5.41, 5.74) is 4.24. The van der Waals surface area contributed by atoms with E-state index in [9.17, 15) is 0 Å². The minimum atomic E-state index is 0.860. The molecule has 2 aliphatic rings. The number of para-hydroxylation sites is 2. The number of ether oxygens (including phenoxy) is 1. The van der Waals surface area contributed by atoms with Gasteiger partial charge in [0.15, 0.2) is 0 Å². The van der Waals surface area contributed by atoms with Gasteiger partial charge in [0.25, 0.3) is 0 Å². The van der Waals surface area contributed by atoms with E-state index in [0.717, 1.165) is 18.8 Å². The Balaban J connectivity index is 0.000000190. The Morgan fingerprint density at radius 1 is 0.783 bits per heavy atom. The molecule has 0 aromatic heterocycles. The Morgan fingerprint density at radius 2 is 1.39 bits per heavy atom. The summed E-state index contributed by atoms with van der Waals surface area (Å²) in [6.07, 6.45) is 2.29. The van der Waals surface area contributed by atoms with Crippen molar-refractivity contribution in [3.8, 4) is 5.75 Å². The van der Waals surface area contributed by atoms with E-state index in [1.807, 2.05) is 45.9 Å². The van der Waals surface area contributed by atoms with Crippen molar-refractivity contribution in [1.82, 2.24) is 0 Å². The maximum absolute atomic E-state index is 5.30. The van der Waals surface area contributed by atoms with Crippen LogP contribution in [0.3, 0.4) is 0 Å². The van der Waals surface area contributed by atoms with E-state index in [1.165, 1.54) is 29.8 Å². The van der Waals surface area contributed by atoms with E-state index in [1.54, 1.807) is 0 Å². The van der Waals surface area contributed by atoms with Crippen LogP contribution < -0.4 is 9.64 Å². The zero-order chi connectivity index (χ0) is 17.1. The highest BCUT2D eigenvalue weighted by Gasteiger charge is 2.13. The third kappa shape index (κ3) is 5.31. The van der Waals surface area contributed by atoms with Crippen molar-refractivity contribution in [2.24, 2.45) is 0 Å². The second-order valence-electron chi connectivity index (χ2n) is 5.01. The summed E-state index contributed by atoms with van der Waals surface area (Å²) < 4.78 is 5.30. The lowest BCUT2D eigenvalue weighted by Crippen LogP contribution is -2.12. The molecule has 0 saturated heterocycles. The highest BCUT2D eigenvalue weighted by Crippen LogP contribution is 2.25. The Kier molecular flexibility index (Phi) is 8.89. The largest absolute Gasteiger partial charge is 0.493 e. The topological polar surface area (TPSA) is 12.5 Å². The zero-order valence-electron chi connectivity index (χ0n) is 15.3. The smallest absolute Gasteiger partial charge is 0.122 e. The number of fused-ring (bicyclic) bond motifs is 2. The lowest BCUT2D eigenvalue weighted by atomic mass is 10.2. The fourth-order valence-electron chi connectivity index (χ4n) is 2.63. The van der Waals surface area contributed by atoms with Gasteiger partial charge in [-0.3, -0.25) is 0 Å². The molecule has 0 unspecified atom stereocenters. The second kappa shape index (κ2) is 10.7. The zero-order valence-corrected chi connectivity index (χ0v) is 15.3. The third-order valence-corrected chi connectivity index (χ3v) is 3.72. The number of hydrogen-bond donors (Lipinski definition) is 0. The average Bonchev–Trinajstić information content (AvgIpc) is 3.26. The van der Waals surface area contributed by atoms with Gasteiger partial charge in [0.05, 0.1) is 6.61 Å². The molecule has 0 bridgehead atoms. The van der Waals surface area contributed by atoms with E-state index >= 15 is 0 Å². The maximum Gasteiger partial charge on any atom is 0.122 e. The van der Waals surface area contributed by atoms with Crippen molar-refractivity contribution >= 4 is 5.69 Å². The van der Waals surface area contributed by atoms with Crippen LogP contribution in [0.15, 0.2) is 48.5 Å². The van der Waals surface area contributed by atoms with Gasteiger partial charge in [-0.25, -0.2) is 0 Å². The van der Waals surface area contributed by atoms with Crippen molar-refractivity contribution in [3.05, 3.63) is 59.7 Å². The minimum absolute atomic E-state index is 0.860. The molecule has 0 spiro atoms. The fourth-order valence-corrected chi connectivity index (χ4v) is 2.63. The summed E-state index contributed by atoms with van der Waals surface area (Å²) in [7, 11) is 2.14. The summed E-state index contributed by atoms with van der Waals surface area (Å²) in [4.78, 5) is 2.30. The molecular weight excluding hydrogens is 282 g/mol. The van der Waals surface area contributed by atoms with Gasteiger partial charge < -0.3 is 9.64 Å². The van der Waals surface area contributed by atoms with E-state index < -0.39 is 0 Å². The first-order valence-corrected chi connectivity index (χ1v) is 8.84. The first-order valence-electron chi connectivity index (χ1n) is 8.84. The van der Waals surface area contributed by atoms with E-state index in [0.29, 0.717) is 0 Å². The first kappa shape index (κ1) is 19.1. The molecule has 0 saturated carbocycles. The number of likely N-dealkylation sites (N-methyl/N-ethyl adjacent to an activating group) is 1. The summed E-state index contributed by atoms with van der Waals surface area (Å²) >= 11 is 0. The van der Waals surface area contributed by atoms with Crippen molar-refractivity contribution in [3.63, 3.8) is 0 Å². The lowest BCUT2D eigenvalue weighted by Gasteiger charge is -2.10. The standard InChI is InChI=1S/C9H11N.C8H8O.2C2H6/c1-10-7-6-8-4-2-3-5-9(8)10;1-2-4-8-7(3-1)5-6-9-8;2*1-2/h2-5H,6-7H2,1H3;1-4H,5-6H2;2*1-2H3. The Bertz CT molecular complexity index is 542. The van der Waals surface area contributed by atoms with Crippen molar-refractivity contribution < 1.29 is 4.74 Å². The Morgan fingerprint density at radius 3 is 2.04 bits per heavy atom. The second-order valence-corrected chi connectivity index (χ2v) is 5.01. The summed E-state index contributed by atoms with van der Waals surface area (Å²) in [5, 5.41) is 0. The monoisotopic (exact) mass is 313 g/mol. The predicted octanol–water partition coefficient (Wildman–Crippen LogP) is 5.35. The van der Waals surface area contributed by atoms with Gasteiger partial charge in [-0.15, -0.1) is 0 Å². The third-order valence-electron chi connectivity index (χ3n) is 3.72. The Hall–Kier alpha value is -1.96. The van der Waals surface area contributed by atoms with E-state index in [-0.39, 0.29) is 0 Å². The van der Waals surface area contributed by atoms with Gasteiger partial charge in [-0.05, 0) is 29.7 Å². The van der Waals surface area contributed by atoms with Crippen LogP contribution in [0.4, 0.5) is 5.69 Å². The van der Waals surface area contributed by atoms with Crippen LogP contribution in [0.5, 0.6) is 5.75 Å². The molecule has 0 atom stereocenters. The summed E-state index contributed by atoms with van der Waals surface area (Å²) in [5.74, 6) is 1.07. The van der Waals surface area contributed by atoms with Gasteiger partial charge in [0.1, 0.15) is 5.75 Å². The van der Waals surface area contributed by atoms with Crippen LogP contribution >= 0.6 is 0 Å². The molecule has 0 radical (unpaired) electrons. The SMILES string of the molecule is CC.CC.CN1CCc2ccccc21.c1ccc2c(c1)CCO2. The molecule has 0 aliphatic carbocycles. The molecule has 0 amide bonds. The molecular formula is C21H31NO. The van der Waals surface area contributed by atoms with Gasteiger partial charge in [0.2, 0.25) is 0 Å². The number of rotatable bonds is 0. The van der Waals surface area contributed by atoms with Gasteiger partial charge in [-0.2, -0.15) is 0 Å². The van der Waals surface area contributed by atoms with Crippen LogP contribution in [0.2, 0.25) is 0 Å². The molecule has 2 heteroatoms. The normalized spacial score (nSPS) is 13.0. The summed E-state index contributed by atoms with van der Waals surface area (Å²) in [6.45, 7) is 10.0. The number of anilines is 1. The fraction of sp³-hybridized carbons (Fsp3) is 0.429. The highest BCUT2D eigenvalue weighted by molar-refractivity contribution is 5.56. The van der Waals surface area contributed by atoms with Crippen LogP contribution in [-0.4, -0.2) is 20.2 Å². The number of nitrogens with zero attached hydrogens (tertiary/aromatic N) is 1. The van der Waals surface area contributed by atoms with Gasteiger partial charge in [-0.1, -0.05) is 64.1 Å². The van der Waals surface area contributed by atoms with Crippen molar-refractivity contribution in [2.45, 2.75) is 40.5 Å². The molecule has 2 aliphatic heterocycles. The molecule has 2 aromatic rings. The minimum Gasteiger partial charge on any atom is -0.493 e. The van der Waals surface area contributed by atoms with Crippen molar-refractivity contribution in [1.29, 1.82) is 0 Å². The molecule has 2 heterocycles. The van der Waals surface area contributed by atoms with Crippen LogP contribution in [0.25, 0.3) is 0 Å². The quantitative estimate of drug-likeness (QED) is 0.650. The van der Waals surface area contributed by atoms with Crippen LogP contribution in [-0.2, 0) is 12.8 Å². The van der Waals surface area contributed by atoms with Crippen molar-refractivity contribution in [2.75, 3.05) is 25.1 Å². The molecule has 4 rings (SSSR count). The van der Waals surface area contributed by atoms with E-state index in [4.69, 9.17) is 4.74 Å². The molecule has 0 N–H and O–H groups in total. The van der Waals surface area contributed by atoms with E-state index in [2.05, 4.69) is 42.3 Å².